The van der Waals surface area contributed by atoms with Crippen LogP contribution in [0.5, 0.6) is 0 Å². The van der Waals surface area contributed by atoms with E-state index >= 15 is 0 Å². The van der Waals surface area contributed by atoms with E-state index in [9.17, 15) is 4.79 Å². The first-order valence-corrected chi connectivity index (χ1v) is 11.0. The Hall–Kier alpha value is -2.66. The fraction of sp³-hybridized carbons (Fsp3) is 0.375. The van der Waals surface area contributed by atoms with Gasteiger partial charge in [0.2, 0.25) is 0 Å². The van der Waals surface area contributed by atoms with Crippen LogP contribution in [-0.4, -0.2) is 19.2 Å². The smallest absolute Gasteiger partial charge is 0.261 e. The molecule has 30 heavy (non-hydrogen) atoms. The van der Waals surface area contributed by atoms with Crippen LogP contribution in [0.15, 0.2) is 47.5 Å². The van der Waals surface area contributed by atoms with Gasteiger partial charge in [0, 0.05) is 29.0 Å². The molecular weight excluding hydrogens is 396 g/mol. The maximum absolute atomic E-state index is 13.4. The Balaban J connectivity index is 1.68. The molecule has 5 nitrogen and oxygen atoms in total. The van der Waals surface area contributed by atoms with E-state index in [0.717, 1.165) is 34.4 Å². The molecule has 0 radical (unpaired) electrons. The molecule has 0 amide bonds. The minimum absolute atomic E-state index is 0.0223. The summed E-state index contributed by atoms with van der Waals surface area (Å²) < 4.78 is 3.72. The number of pyridine rings is 1. The summed E-state index contributed by atoms with van der Waals surface area (Å²) in [5, 5.41) is 6.03. The monoisotopic (exact) mass is 420 g/mol. The molecule has 4 aromatic rings. The Morgan fingerprint density at radius 3 is 2.63 bits per heavy atom. The topological polar surface area (TPSA) is 52.2 Å². The number of rotatable bonds is 2. The zero-order valence-electron chi connectivity index (χ0n) is 17.5. The lowest BCUT2D eigenvalue weighted by molar-refractivity contribution is 0.183. The summed E-state index contributed by atoms with van der Waals surface area (Å²) in [6.45, 7) is 6.53. The summed E-state index contributed by atoms with van der Waals surface area (Å²) in [6.07, 6.45) is 7.11. The van der Waals surface area contributed by atoms with Gasteiger partial charge in [0.1, 0.15) is 0 Å². The van der Waals surface area contributed by atoms with Gasteiger partial charge in [0.25, 0.3) is 5.56 Å². The van der Waals surface area contributed by atoms with Gasteiger partial charge in [0.05, 0.1) is 16.6 Å². The molecule has 3 aromatic heterocycles. The van der Waals surface area contributed by atoms with Crippen molar-refractivity contribution in [3.63, 3.8) is 0 Å². The summed E-state index contributed by atoms with van der Waals surface area (Å²) >= 11 is 6.05. The number of benzene rings is 1. The van der Waals surface area contributed by atoms with E-state index in [2.05, 4.69) is 18.8 Å². The first-order valence-electron chi connectivity index (χ1n) is 10.6. The van der Waals surface area contributed by atoms with Gasteiger partial charge in [-0.15, -0.1) is 0 Å². The van der Waals surface area contributed by atoms with Crippen molar-refractivity contribution in [1.29, 1.82) is 0 Å². The van der Waals surface area contributed by atoms with E-state index < -0.39 is 0 Å². The van der Waals surface area contributed by atoms with Crippen molar-refractivity contribution in [1.82, 2.24) is 19.2 Å². The lowest BCUT2D eigenvalue weighted by Gasteiger charge is -2.35. The van der Waals surface area contributed by atoms with Crippen LogP contribution in [0.2, 0.25) is 5.02 Å². The van der Waals surface area contributed by atoms with Crippen molar-refractivity contribution >= 4 is 28.2 Å². The lowest BCUT2D eigenvalue weighted by atomic mass is 9.78. The minimum Gasteiger partial charge on any atom is -0.311 e. The zero-order valence-corrected chi connectivity index (χ0v) is 18.2. The van der Waals surface area contributed by atoms with Gasteiger partial charge in [-0.2, -0.15) is 5.10 Å². The quantitative estimate of drug-likeness (QED) is 0.419. The average Bonchev–Trinajstić information content (AvgIpc) is 3.08. The fourth-order valence-corrected chi connectivity index (χ4v) is 5.08. The number of hydrogen-bond donors (Lipinski definition) is 0. The molecule has 154 valence electrons. The first-order chi connectivity index (χ1) is 14.5. The standard InChI is InChI=1S/C24H25ClN4O/c1-14-5-4-6-20(15(14)2)28-12-11-21-19(24(28)30)13-26-23-22(16(3)27-29(21)23)17-7-9-18(25)10-8-17/h7-15,20H,4-6H2,1-3H3/t14-,15-,20-/m0/s1. The van der Waals surface area contributed by atoms with Gasteiger partial charge in [-0.25, -0.2) is 9.50 Å². The number of hydrogen-bond acceptors (Lipinski definition) is 3. The molecule has 1 aliphatic rings. The highest BCUT2D eigenvalue weighted by molar-refractivity contribution is 6.30. The van der Waals surface area contributed by atoms with E-state index in [0.29, 0.717) is 22.2 Å². The summed E-state index contributed by atoms with van der Waals surface area (Å²) in [7, 11) is 0. The zero-order chi connectivity index (χ0) is 21.0. The number of halogens is 1. The molecule has 1 fully saturated rings. The van der Waals surface area contributed by atoms with E-state index in [4.69, 9.17) is 16.7 Å². The van der Waals surface area contributed by atoms with Crippen LogP contribution < -0.4 is 5.56 Å². The Labute approximate surface area is 180 Å². The Kier molecular flexibility index (Phi) is 4.66. The number of aromatic nitrogens is 4. The van der Waals surface area contributed by atoms with E-state index in [1.807, 2.05) is 48.0 Å². The van der Waals surface area contributed by atoms with Crippen LogP contribution in [-0.2, 0) is 0 Å². The highest BCUT2D eigenvalue weighted by atomic mass is 35.5. The average molecular weight is 421 g/mol. The second kappa shape index (κ2) is 7.24. The van der Waals surface area contributed by atoms with Crippen LogP contribution in [0.4, 0.5) is 0 Å². The van der Waals surface area contributed by atoms with E-state index in [-0.39, 0.29) is 11.6 Å². The van der Waals surface area contributed by atoms with Crippen LogP contribution in [0.3, 0.4) is 0 Å². The van der Waals surface area contributed by atoms with E-state index in [1.165, 1.54) is 12.8 Å². The van der Waals surface area contributed by atoms with Crippen molar-refractivity contribution < 1.29 is 0 Å². The molecular formula is C24H25ClN4O. The Bertz CT molecular complexity index is 1310. The minimum atomic E-state index is 0.0223. The SMILES string of the molecule is Cc1nn2c(ncc3c(=O)n([C@H]4CCC[C@H](C)[C@@H]4C)ccc32)c1-c1ccc(Cl)cc1. The van der Waals surface area contributed by atoms with Crippen molar-refractivity contribution in [2.24, 2.45) is 11.8 Å². The van der Waals surface area contributed by atoms with E-state index in [1.54, 1.807) is 10.7 Å². The van der Waals surface area contributed by atoms with Crippen molar-refractivity contribution in [2.45, 2.75) is 46.1 Å². The summed E-state index contributed by atoms with van der Waals surface area (Å²) in [5.41, 5.74) is 4.41. The third-order valence-electron chi connectivity index (χ3n) is 6.87. The van der Waals surface area contributed by atoms with Gasteiger partial charge >= 0.3 is 0 Å². The second-order valence-electron chi connectivity index (χ2n) is 8.62. The molecule has 0 saturated heterocycles. The molecule has 1 aliphatic carbocycles. The van der Waals surface area contributed by atoms with Crippen LogP contribution >= 0.6 is 11.6 Å². The molecule has 0 bridgehead atoms. The van der Waals surface area contributed by atoms with Gasteiger partial charge < -0.3 is 4.57 Å². The summed E-state index contributed by atoms with van der Waals surface area (Å²) in [5.74, 6) is 1.11. The third-order valence-corrected chi connectivity index (χ3v) is 7.12. The maximum Gasteiger partial charge on any atom is 0.261 e. The fourth-order valence-electron chi connectivity index (χ4n) is 4.95. The predicted octanol–water partition coefficient (Wildman–Crippen LogP) is 5.67. The molecule has 5 rings (SSSR count). The molecule has 3 atom stereocenters. The molecule has 0 unspecified atom stereocenters. The largest absolute Gasteiger partial charge is 0.311 e. The van der Waals surface area contributed by atoms with Crippen molar-refractivity contribution in [3.05, 3.63) is 63.8 Å². The highest BCUT2D eigenvalue weighted by Crippen LogP contribution is 2.37. The molecule has 0 N–H and O–H groups in total. The highest BCUT2D eigenvalue weighted by Gasteiger charge is 2.29. The lowest BCUT2D eigenvalue weighted by Crippen LogP contribution is -2.33. The molecule has 3 heterocycles. The van der Waals surface area contributed by atoms with Gasteiger partial charge in [-0.1, -0.05) is 50.4 Å². The van der Waals surface area contributed by atoms with Crippen LogP contribution in [0.1, 0.15) is 44.8 Å². The van der Waals surface area contributed by atoms with Crippen molar-refractivity contribution in [2.75, 3.05) is 0 Å². The van der Waals surface area contributed by atoms with Crippen LogP contribution in [0.25, 0.3) is 27.7 Å². The number of fused-ring (bicyclic) bond motifs is 3. The predicted molar refractivity (Wildman–Crippen MR) is 121 cm³/mol. The number of aryl methyl sites for hydroxylation is 1. The number of nitrogens with zero attached hydrogens (tertiary/aromatic N) is 4. The summed E-state index contributed by atoms with van der Waals surface area (Å²) in [6, 6.07) is 9.93. The van der Waals surface area contributed by atoms with Gasteiger partial charge in [0.15, 0.2) is 5.65 Å². The normalized spacial score (nSPS) is 22.1. The van der Waals surface area contributed by atoms with Gasteiger partial charge in [-0.05, 0) is 48.9 Å². The van der Waals surface area contributed by atoms with Gasteiger partial charge in [-0.3, -0.25) is 4.79 Å². The summed E-state index contributed by atoms with van der Waals surface area (Å²) in [4.78, 5) is 18.1. The first kappa shape index (κ1) is 19.3. The molecule has 0 spiro atoms. The third kappa shape index (κ3) is 2.95. The van der Waals surface area contributed by atoms with Crippen LogP contribution in [0, 0.1) is 18.8 Å². The maximum atomic E-state index is 13.4. The molecule has 6 heteroatoms. The second-order valence-corrected chi connectivity index (χ2v) is 9.06. The Morgan fingerprint density at radius 2 is 1.87 bits per heavy atom. The molecule has 1 aromatic carbocycles. The molecule has 1 saturated carbocycles. The molecule has 0 aliphatic heterocycles. The Morgan fingerprint density at radius 1 is 1.10 bits per heavy atom. The van der Waals surface area contributed by atoms with Crippen molar-refractivity contribution in [3.8, 4) is 11.1 Å².